The van der Waals surface area contributed by atoms with E-state index in [0.29, 0.717) is 38.3 Å². The third-order valence-corrected chi connectivity index (χ3v) is 6.37. The highest BCUT2D eigenvalue weighted by atomic mass is 32.2. The van der Waals surface area contributed by atoms with Gasteiger partial charge in [0.1, 0.15) is 5.69 Å². The number of sulfonamides is 1. The lowest BCUT2D eigenvalue weighted by Gasteiger charge is -2.30. The first-order valence-corrected chi connectivity index (χ1v) is 10.8. The van der Waals surface area contributed by atoms with Crippen LogP contribution in [0.4, 0.5) is 11.4 Å². The van der Waals surface area contributed by atoms with Crippen LogP contribution in [0.15, 0.2) is 23.1 Å². The fourth-order valence-corrected chi connectivity index (χ4v) is 4.72. The van der Waals surface area contributed by atoms with Crippen LogP contribution in [-0.2, 0) is 14.8 Å². The molecule has 1 aliphatic rings. The molecule has 1 fully saturated rings. The summed E-state index contributed by atoms with van der Waals surface area (Å²) >= 11 is 0. The average Bonchev–Trinajstić information content (AvgIpc) is 2.61. The quantitative estimate of drug-likeness (QED) is 0.388. The number of hydrogen-bond donors (Lipinski definition) is 1. The van der Waals surface area contributed by atoms with E-state index in [2.05, 4.69) is 5.32 Å². The Bertz CT molecular complexity index is 751. The third-order valence-electron chi connectivity index (χ3n) is 4.51. The van der Waals surface area contributed by atoms with Crippen molar-refractivity contribution in [2.45, 2.75) is 51.0 Å². The largest absolute Gasteiger partial charge is 0.379 e. The second-order valence-electron chi connectivity index (χ2n) is 7.25. The predicted molar refractivity (Wildman–Crippen MR) is 104 cm³/mol. The van der Waals surface area contributed by atoms with Crippen LogP contribution in [0, 0.1) is 16.0 Å². The zero-order chi connectivity index (χ0) is 20.0. The summed E-state index contributed by atoms with van der Waals surface area (Å²) in [6.07, 6.45) is 2.64. The van der Waals surface area contributed by atoms with E-state index >= 15 is 0 Å². The number of nitro groups is 1. The molecule has 1 aromatic carbocycles. The fourth-order valence-electron chi connectivity index (χ4n) is 3.10. The molecule has 0 bridgehead atoms. The SMILES string of the molecule is CC(C)OCCCNc1ccc(S(=O)(=O)N2CCC[C@@H](C)C2)cc1[N+](=O)[O-]. The molecule has 0 unspecified atom stereocenters. The highest BCUT2D eigenvalue weighted by Crippen LogP contribution is 2.30. The molecule has 27 heavy (non-hydrogen) atoms. The van der Waals surface area contributed by atoms with Crippen LogP contribution in [0.5, 0.6) is 0 Å². The van der Waals surface area contributed by atoms with Crippen molar-refractivity contribution in [3.63, 3.8) is 0 Å². The molecule has 152 valence electrons. The van der Waals surface area contributed by atoms with Crippen LogP contribution in [0.25, 0.3) is 0 Å². The number of ether oxygens (including phenoxy) is 1. The first kappa shape index (κ1) is 21.6. The van der Waals surface area contributed by atoms with Crippen molar-refractivity contribution in [2.24, 2.45) is 5.92 Å². The molecular weight excluding hydrogens is 370 g/mol. The number of nitrogens with one attached hydrogen (secondary N) is 1. The van der Waals surface area contributed by atoms with E-state index in [1.165, 1.54) is 16.4 Å². The Labute approximate surface area is 161 Å². The number of anilines is 1. The van der Waals surface area contributed by atoms with Gasteiger partial charge in [0.15, 0.2) is 0 Å². The number of hydrogen-bond acceptors (Lipinski definition) is 6. The van der Waals surface area contributed by atoms with E-state index in [9.17, 15) is 18.5 Å². The summed E-state index contributed by atoms with van der Waals surface area (Å²) in [5.41, 5.74) is 0.0846. The Kier molecular flexibility index (Phi) is 7.58. The van der Waals surface area contributed by atoms with Crippen molar-refractivity contribution < 1.29 is 18.1 Å². The summed E-state index contributed by atoms with van der Waals surface area (Å²) in [5, 5.41) is 14.4. The van der Waals surface area contributed by atoms with Gasteiger partial charge in [0.25, 0.3) is 5.69 Å². The Morgan fingerprint density at radius 1 is 1.41 bits per heavy atom. The second kappa shape index (κ2) is 9.48. The zero-order valence-electron chi connectivity index (χ0n) is 16.2. The van der Waals surface area contributed by atoms with Crippen molar-refractivity contribution in [1.82, 2.24) is 4.31 Å². The summed E-state index contributed by atoms with van der Waals surface area (Å²) in [5.74, 6) is 0.289. The van der Waals surface area contributed by atoms with Gasteiger partial charge in [-0.25, -0.2) is 8.42 Å². The number of piperidine rings is 1. The third kappa shape index (κ3) is 5.88. The highest BCUT2D eigenvalue weighted by molar-refractivity contribution is 7.89. The predicted octanol–water partition coefficient (Wildman–Crippen LogP) is 3.24. The molecule has 1 heterocycles. The lowest BCUT2D eigenvalue weighted by atomic mass is 10.0. The average molecular weight is 400 g/mol. The molecule has 9 heteroatoms. The topological polar surface area (TPSA) is 102 Å². The van der Waals surface area contributed by atoms with Gasteiger partial charge in [0, 0.05) is 32.3 Å². The van der Waals surface area contributed by atoms with Crippen molar-refractivity contribution in [3.8, 4) is 0 Å². The van der Waals surface area contributed by atoms with Gasteiger partial charge in [-0.05, 0) is 51.2 Å². The van der Waals surface area contributed by atoms with E-state index < -0.39 is 14.9 Å². The number of nitro benzene ring substituents is 1. The second-order valence-corrected chi connectivity index (χ2v) is 9.18. The van der Waals surface area contributed by atoms with Gasteiger partial charge in [-0.2, -0.15) is 4.31 Å². The van der Waals surface area contributed by atoms with Crippen molar-refractivity contribution >= 4 is 21.4 Å². The molecule has 0 saturated carbocycles. The fraction of sp³-hybridized carbons (Fsp3) is 0.667. The number of rotatable bonds is 9. The van der Waals surface area contributed by atoms with E-state index in [-0.39, 0.29) is 22.6 Å². The molecule has 1 saturated heterocycles. The van der Waals surface area contributed by atoms with Gasteiger partial charge >= 0.3 is 0 Å². The van der Waals surface area contributed by atoms with Gasteiger partial charge in [0.2, 0.25) is 10.0 Å². The summed E-state index contributed by atoms with van der Waals surface area (Å²) in [7, 11) is -3.73. The summed E-state index contributed by atoms with van der Waals surface area (Å²) in [6.45, 7) is 7.87. The molecule has 0 spiro atoms. The van der Waals surface area contributed by atoms with Crippen molar-refractivity contribution in [3.05, 3.63) is 28.3 Å². The Hall–Kier alpha value is -1.71. The molecular formula is C18H29N3O5S. The molecule has 8 nitrogen and oxygen atoms in total. The maximum Gasteiger partial charge on any atom is 0.293 e. The molecule has 2 rings (SSSR count). The summed E-state index contributed by atoms with van der Waals surface area (Å²) in [6, 6.07) is 4.07. The number of nitrogens with zero attached hydrogens (tertiary/aromatic N) is 2. The summed E-state index contributed by atoms with van der Waals surface area (Å²) < 4.78 is 32.6. The maximum atomic E-state index is 12.8. The lowest BCUT2D eigenvalue weighted by molar-refractivity contribution is -0.384. The van der Waals surface area contributed by atoms with Crippen LogP contribution >= 0.6 is 0 Å². The molecule has 1 atom stereocenters. The minimum absolute atomic E-state index is 0.0306. The van der Waals surface area contributed by atoms with Gasteiger partial charge < -0.3 is 10.1 Å². The first-order chi connectivity index (χ1) is 12.7. The molecule has 0 aliphatic carbocycles. The minimum Gasteiger partial charge on any atom is -0.379 e. The monoisotopic (exact) mass is 399 g/mol. The van der Waals surface area contributed by atoms with E-state index in [4.69, 9.17) is 4.74 Å². The maximum absolute atomic E-state index is 12.8. The van der Waals surface area contributed by atoms with Crippen molar-refractivity contribution in [1.29, 1.82) is 0 Å². The molecule has 0 aromatic heterocycles. The smallest absolute Gasteiger partial charge is 0.293 e. The minimum atomic E-state index is -3.73. The van der Waals surface area contributed by atoms with E-state index in [1.54, 1.807) is 0 Å². The van der Waals surface area contributed by atoms with Crippen LogP contribution < -0.4 is 5.32 Å². The Morgan fingerprint density at radius 3 is 2.78 bits per heavy atom. The van der Waals surface area contributed by atoms with Crippen LogP contribution in [0.3, 0.4) is 0 Å². The normalized spacial score (nSPS) is 18.6. The molecule has 0 radical (unpaired) electrons. The van der Waals surface area contributed by atoms with Gasteiger partial charge in [-0.3, -0.25) is 10.1 Å². The Balaban J connectivity index is 2.13. The lowest BCUT2D eigenvalue weighted by Crippen LogP contribution is -2.39. The Morgan fingerprint density at radius 2 is 2.15 bits per heavy atom. The highest BCUT2D eigenvalue weighted by Gasteiger charge is 2.30. The zero-order valence-corrected chi connectivity index (χ0v) is 17.0. The van der Waals surface area contributed by atoms with E-state index in [1.807, 2.05) is 20.8 Å². The van der Waals surface area contributed by atoms with Crippen LogP contribution in [0.1, 0.15) is 40.0 Å². The van der Waals surface area contributed by atoms with Crippen LogP contribution in [0.2, 0.25) is 0 Å². The molecule has 1 aliphatic heterocycles. The van der Waals surface area contributed by atoms with Gasteiger partial charge in [-0.15, -0.1) is 0 Å². The summed E-state index contributed by atoms with van der Waals surface area (Å²) in [4.78, 5) is 10.9. The molecule has 1 aromatic rings. The van der Waals surface area contributed by atoms with Gasteiger partial charge in [0.05, 0.1) is 15.9 Å². The molecule has 0 amide bonds. The molecule has 1 N–H and O–H groups in total. The first-order valence-electron chi connectivity index (χ1n) is 9.36. The standard InChI is InChI=1S/C18H29N3O5S/c1-14(2)26-11-5-9-19-17-8-7-16(12-18(17)21(22)23)27(24,25)20-10-4-6-15(3)13-20/h7-8,12,14-15,19H,4-6,9-11,13H2,1-3H3/t15-/m1/s1. The van der Waals surface area contributed by atoms with Crippen molar-refractivity contribution in [2.75, 3.05) is 31.6 Å². The van der Waals surface area contributed by atoms with Gasteiger partial charge in [-0.1, -0.05) is 6.92 Å². The van der Waals surface area contributed by atoms with E-state index in [0.717, 1.165) is 18.9 Å². The number of benzene rings is 1. The van der Waals surface area contributed by atoms with Crippen LogP contribution in [-0.4, -0.2) is 50.0 Å².